The monoisotopic (exact) mass is 306 g/mol. The van der Waals surface area contributed by atoms with Crippen LogP contribution in [0.15, 0.2) is 0 Å². The Morgan fingerprint density at radius 1 is 0.455 bits per heavy atom. The summed E-state index contributed by atoms with van der Waals surface area (Å²) in [4.78, 5) is 0. The fraction of sp³-hybridized carbons (Fsp3) is 1.00. The van der Waals surface area contributed by atoms with Gasteiger partial charge in [-0.2, -0.15) is 0 Å². The summed E-state index contributed by atoms with van der Waals surface area (Å²) in [5.74, 6) is 2.23. The van der Waals surface area contributed by atoms with E-state index < -0.39 is 0 Å². The third-order valence-electron chi connectivity index (χ3n) is 8.09. The molecule has 0 unspecified atom stereocenters. The Bertz CT molecular complexity index is 298. The highest BCUT2D eigenvalue weighted by atomic mass is 15.4. The lowest BCUT2D eigenvalue weighted by atomic mass is 9.85. The van der Waals surface area contributed by atoms with E-state index in [1.54, 1.807) is 38.5 Å². The summed E-state index contributed by atoms with van der Waals surface area (Å²) in [5.41, 5.74) is 0. The molecule has 6 rings (SSSR count). The van der Waals surface area contributed by atoms with Crippen molar-refractivity contribution in [2.75, 3.05) is 52.4 Å². The normalized spacial score (nSPS) is 43.6. The Balaban J connectivity index is 1.11. The molecule has 6 saturated heterocycles. The van der Waals surface area contributed by atoms with Crippen molar-refractivity contribution in [3.05, 3.63) is 0 Å². The first-order valence-electron chi connectivity index (χ1n) is 10.5. The molecule has 22 heavy (non-hydrogen) atoms. The van der Waals surface area contributed by atoms with Crippen LogP contribution in [0.5, 0.6) is 0 Å². The van der Waals surface area contributed by atoms with E-state index in [0.29, 0.717) is 0 Å². The Labute approximate surface area is 138 Å². The van der Waals surface area contributed by atoms with Crippen molar-refractivity contribution in [1.82, 2.24) is 0 Å². The van der Waals surface area contributed by atoms with Crippen LogP contribution in [0.1, 0.15) is 64.2 Å². The predicted molar refractivity (Wildman–Crippen MR) is 92.6 cm³/mol. The van der Waals surface area contributed by atoms with Gasteiger partial charge in [-0.25, -0.2) is 0 Å². The molecule has 6 aliphatic heterocycles. The lowest BCUT2D eigenvalue weighted by molar-refractivity contribution is -0.943. The van der Waals surface area contributed by atoms with Crippen molar-refractivity contribution in [3.63, 3.8) is 0 Å². The SMILES string of the molecule is C(CCC[N+]12CCC(CC1)CC2)CC[N+]12CCC(CC1)CC2. The molecule has 0 aromatic rings. The van der Waals surface area contributed by atoms with E-state index in [-0.39, 0.29) is 0 Å². The zero-order chi connectivity index (χ0) is 14.9. The molecule has 0 saturated carbocycles. The molecule has 0 aromatic carbocycles. The van der Waals surface area contributed by atoms with E-state index in [4.69, 9.17) is 0 Å². The molecule has 0 aliphatic carbocycles. The molecule has 4 bridgehead atoms. The van der Waals surface area contributed by atoms with Gasteiger partial charge in [-0.15, -0.1) is 0 Å². The van der Waals surface area contributed by atoms with E-state index >= 15 is 0 Å². The fourth-order valence-corrected chi connectivity index (χ4v) is 6.19. The van der Waals surface area contributed by atoms with Crippen LogP contribution in [0, 0.1) is 11.8 Å². The number of piperidine rings is 6. The molecule has 0 atom stereocenters. The molecule has 0 radical (unpaired) electrons. The van der Waals surface area contributed by atoms with Crippen molar-refractivity contribution in [2.45, 2.75) is 64.2 Å². The third kappa shape index (κ3) is 3.24. The largest absolute Gasteiger partial charge is 0.324 e. The highest BCUT2D eigenvalue weighted by molar-refractivity contribution is 4.72. The standard InChI is InChI=1S/C20H38N2/c1(3-11-21-13-5-19(6-14-21)7-15-21)2-4-12-22-16-8-20(9-17-22)10-18-22/h19-20H,1-18H2/q+2. The summed E-state index contributed by atoms with van der Waals surface area (Å²) in [6, 6.07) is 0. The minimum Gasteiger partial charge on any atom is -0.324 e. The number of unbranched alkanes of at least 4 members (excludes halogenated alkanes) is 3. The number of quaternary nitrogens is 2. The van der Waals surface area contributed by atoms with Crippen LogP contribution >= 0.6 is 0 Å². The van der Waals surface area contributed by atoms with Gasteiger partial charge in [-0.05, 0) is 76.0 Å². The van der Waals surface area contributed by atoms with Crippen LogP contribution in [0.25, 0.3) is 0 Å². The van der Waals surface area contributed by atoms with Gasteiger partial charge in [0.15, 0.2) is 0 Å². The van der Waals surface area contributed by atoms with Gasteiger partial charge in [-0.1, -0.05) is 0 Å². The summed E-state index contributed by atoms with van der Waals surface area (Å²) >= 11 is 0. The Hall–Kier alpha value is -0.0800. The maximum Gasteiger partial charge on any atom is 0.0789 e. The average molecular weight is 307 g/mol. The van der Waals surface area contributed by atoms with E-state index in [2.05, 4.69) is 0 Å². The number of rotatable bonds is 7. The Kier molecular flexibility index (Phi) is 4.52. The average Bonchev–Trinajstić information content (AvgIpc) is 2.61. The second-order valence-electron chi connectivity index (χ2n) is 9.35. The Morgan fingerprint density at radius 3 is 1.09 bits per heavy atom. The highest BCUT2D eigenvalue weighted by Gasteiger charge is 2.40. The maximum absolute atomic E-state index is 1.54. The minimum absolute atomic E-state index is 1.11. The van der Waals surface area contributed by atoms with Crippen LogP contribution in [0.3, 0.4) is 0 Å². The van der Waals surface area contributed by atoms with E-state index in [1.807, 2.05) is 0 Å². The quantitative estimate of drug-likeness (QED) is 0.496. The van der Waals surface area contributed by atoms with Gasteiger partial charge in [0.05, 0.1) is 52.4 Å². The zero-order valence-electron chi connectivity index (χ0n) is 14.8. The molecular weight excluding hydrogens is 268 g/mol. The van der Waals surface area contributed by atoms with Crippen LogP contribution in [-0.2, 0) is 0 Å². The second-order valence-corrected chi connectivity index (χ2v) is 9.35. The summed E-state index contributed by atoms with van der Waals surface area (Å²) in [6.07, 6.45) is 15.3. The van der Waals surface area contributed by atoms with Crippen molar-refractivity contribution in [2.24, 2.45) is 11.8 Å². The second kappa shape index (κ2) is 6.43. The lowest BCUT2D eigenvalue weighted by Gasteiger charge is -2.49. The topological polar surface area (TPSA) is 0 Å². The van der Waals surface area contributed by atoms with Crippen LogP contribution in [0.2, 0.25) is 0 Å². The zero-order valence-corrected chi connectivity index (χ0v) is 14.8. The molecule has 6 aliphatic rings. The van der Waals surface area contributed by atoms with Crippen LogP contribution in [-0.4, -0.2) is 61.3 Å². The first-order chi connectivity index (χ1) is 10.8. The minimum atomic E-state index is 1.11. The van der Waals surface area contributed by atoms with Crippen molar-refractivity contribution < 1.29 is 8.97 Å². The number of hydrogen-bond donors (Lipinski definition) is 0. The van der Waals surface area contributed by atoms with Crippen LogP contribution < -0.4 is 0 Å². The van der Waals surface area contributed by atoms with Crippen molar-refractivity contribution >= 4 is 0 Å². The Morgan fingerprint density at radius 2 is 0.773 bits per heavy atom. The lowest BCUT2D eigenvalue weighted by Crippen LogP contribution is -2.58. The number of nitrogens with zero attached hydrogens (tertiary/aromatic N) is 2. The maximum atomic E-state index is 1.54. The highest BCUT2D eigenvalue weighted by Crippen LogP contribution is 2.35. The first kappa shape index (κ1) is 15.4. The smallest absolute Gasteiger partial charge is 0.0789 e. The van der Waals surface area contributed by atoms with Gasteiger partial charge in [0.1, 0.15) is 0 Å². The van der Waals surface area contributed by atoms with Gasteiger partial charge in [0.25, 0.3) is 0 Å². The van der Waals surface area contributed by atoms with Crippen molar-refractivity contribution in [3.8, 4) is 0 Å². The van der Waals surface area contributed by atoms with Gasteiger partial charge >= 0.3 is 0 Å². The van der Waals surface area contributed by atoms with Gasteiger partial charge in [0, 0.05) is 0 Å². The molecule has 0 amide bonds. The van der Waals surface area contributed by atoms with Crippen LogP contribution in [0.4, 0.5) is 0 Å². The van der Waals surface area contributed by atoms with E-state index in [0.717, 1.165) is 11.8 Å². The summed E-state index contributed by atoms with van der Waals surface area (Å²) in [7, 11) is 0. The number of hydrogen-bond acceptors (Lipinski definition) is 0. The van der Waals surface area contributed by atoms with Crippen molar-refractivity contribution in [1.29, 1.82) is 0 Å². The predicted octanol–water partition coefficient (Wildman–Crippen LogP) is 3.81. The molecular formula is C20H38N2+2. The fourth-order valence-electron chi connectivity index (χ4n) is 6.19. The molecule has 6 fully saturated rings. The van der Waals surface area contributed by atoms with E-state index in [9.17, 15) is 0 Å². The number of fused-ring (bicyclic) bond motifs is 6. The molecule has 2 heteroatoms. The van der Waals surface area contributed by atoms with Gasteiger partial charge in [0.2, 0.25) is 0 Å². The molecule has 2 nitrogen and oxygen atoms in total. The molecule has 0 N–H and O–H groups in total. The molecule has 0 aromatic heterocycles. The molecule has 126 valence electrons. The van der Waals surface area contributed by atoms with Gasteiger partial charge in [-0.3, -0.25) is 0 Å². The first-order valence-corrected chi connectivity index (χ1v) is 10.5. The van der Waals surface area contributed by atoms with E-state index in [1.165, 1.54) is 87.0 Å². The molecule has 0 spiro atoms. The summed E-state index contributed by atoms with van der Waals surface area (Å²) in [5, 5.41) is 0. The summed E-state index contributed by atoms with van der Waals surface area (Å²) in [6.45, 7) is 12.1. The summed E-state index contributed by atoms with van der Waals surface area (Å²) < 4.78 is 3.02. The van der Waals surface area contributed by atoms with Gasteiger partial charge < -0.3 is 8.97 Å². The third-order valence-corrected chi connectivity index (χ3v) is 8.09. The molecule has 6 heterocycles.